The third kappa shape index (κ3) is 4.34. The fourth-order valence-electron chi connectivity index (χ4n) is 1.00. The largest absolute Gasteiger partial charge is 0.462 e. The van der Waals surface area contributed by atoms with Crippen LogP contribution in [-0.4, -0.2) is 25.2 Å². The van der Waals surface area contributed by atoms with E-state index in [4.69, 9.17) is 4.74 Å². The van der Waals surface area contributed by atoms with Crippen LogP contribution in [0, 0.1) is 5.92 Å². The van der Waals surface area contributed by atoms with E-state index in [-0.39, 0.29) is 12.1 Å². The highest BCUT2D eigenvalue weighted by molar-refractivity contribution is 5.71. The van der Waals surface area contributed by atoms with Crippen LogP contribution in [0.4, 0.5) is 0 Å². The number of hydrogen-bond donors (Lipinski definition) is 1. The van der Waals surface area contributed by atoms with Gasteiger partial charge in [0.25, 0.3) is 0 Å². The highest BCUT2D eigenvalue weighted by Crippen LogP contribution is 2.27. The smallest absolute Gasteiger partial charge is 0.320 e. The molecule has 3 heteroatoms. The predicted molar refractivity (Wildman–Crippen MR) is 46.8 cm³/mol. The molecule has 70 valence electrons. The molecule has 0 amide bonds. The second-order valence-electron chi connectivity index (χ2n) is 3.61. The van der Waals surface area contributed by atoms with Crippen molar-refractivity contribution in [1.29, 1.82) is 0 Å². The maximum atomic E-state index is 11.0. The second kappa shape index (κ2) is 4.45. The molecule has 0 saturated heterocycles. The first-order valence-corrected chi connectivity index (χ1v) is 4.58. The summed E-state index contributed by atoms with van der Waals surface area (Å²) >= 11 is 0. The first kappa shape index (κ1) is 9.52. The van der Waals surface area contributed by atoms with E-state index in [1.807, 2.05) is 13.8 Å². The Bertz CT molecular complexity index is 153. The van der Waals surface area contributed by atoms with Crippen molar-refractivity contribution in [3.63, 3.8) is 0 Å². The van der Waals surface area contributed by atoms with Crippen LogP contribution >= 0.6 is 0 Å². The first-order chi connectivity index (χ1) is 5.68. The van der Waals surface area contributed by atoms with E-state index in [2.05, 4.69) is 5.32 Å². The third-order valence-corrected chi connectivity index (χ3v) is 1.77. The Labute approximate surface area is 73.5 Å². The first-order valence-electron chi connectivity index (χ1n) is 4.58. The summed E-state index contributed by atoms with van der Waals surface area (Å²) in [6.07, 6.45) is 2.62. The van der Waals surface area contributed by atoms with E-state index in [1.165, 1.54) is 12.8 Å². The lowest BCUT2D eigenvalue weighted by atomic mass is 10.4. The molecule has 1 fully saturated rings. The molecule has 0 heterocycles. The van der Waals surface area contributed by atoms with E-state index in [0.717, 1.165) is 12.5 Å². The van der Waals surface area contributed by atoms with Crippen LogP contribution in [0.5, 0.6) is 0 Å². The Morgan fingerprint density at radius 3 is 2.75 bits per heavy atom. The molecule has 0 aliphatic heterocycles. The molecule has 0 radical (unpaired) electrons. The molecule has 12 heavy (non-hydrogen) atoms. The van der Waals surface area contributed by atoms with Gasteiger partial charge in [-0.25, -0.2) is 0 Å². The summed E-state index contributed by atoms with van der Waals surface area (Å²) in [5, 5.41) is 3.08. The van der Waals surface area contributed by atoms with Crippen molar-refractivity contribution in [1.82, 2.24) is 5.32 Å². The van der Waals surface area contributed by atoms with Gasteiger partial charge in [-0.2, -0.15) is 0 Å². The molecular formula is C9H17NO2. The van der Waals surface area contributed by atoms with Crippen LogP contribution in [0.25, 0.3) is 0 Å². The van der Waals surface area contributed by atoms with E-state index >= 15 is 0 Å². The van der Waals surface area contributed by atoms with Gasteiger partial charge in [-0.05, 0) is 39.2 Å². The van der Waals surface area contributed by atoms with Gasteiger partial charge in [0.1, 0.15) is 0 Å². The minimum atomic E-state index is -0.148. The van der Waals surface area contributed by atoms with Crippen molar-refractivity contribution < 1.29 is 9.53 Å². The molecule has 1 aliphatic rings. The Balaban J connectivity index is 1.93. The van der Waals surface area contributed by atoms with Crippen molar-refractivity contribution in [3.05, 3.63) is 0 Å². The number of rotatable bonds is 5. The molecule has 3 nitrogen and oxygen atoms in total. The number of hydrogen-bond acceptors (Lipinski definition) is 3. The Morgan fingerprint density at radius 2 is 2.25 bits per heavy atom. The standard InChI is InChI=1S/C9H17NO2/c1-7(2)12-9(11)6-10-5-8-3-4-8/h7-8,10H,3-6H2,1-2H3. The summed E-state index contributed by atoms with van der Waals surface area (Å²) < 4.78 is 4.95. The zero-order valence-electron chi connectivity index (χ0n) is 7.80. The van der Waals surface area contributed by atoms with Gasteiger partial charge in [-0.15, -0.1) is 0 Å². The molecule has 1 saturated carbocycles. The Kier molecular flexibility index (Phi) is 3.53. The molecule has 0 aromatic rings. The highest BCUT2D eigenvalue weighted by atomic mass is 16.5. The molecule has 0 unspecified atom stereocenters. The lowest BCUT2D eigenvalue weighted by Crippen LogP contribution is -2.28. The fraction of sp³-hybridized carbons (Fsp3) is 0.889. The predicted octanol–water partition coefficient (Wildman–Crippen LogP) is 0.938. The van der Waals surface area contributed by atoms with Gasteiger partial charge in [-0.1, -0.05) is 0 Å². The molecule has 0 aromatic heterocycles. The fourth-order valence-corrected chi connectivity index (χ4v) is 1.00. The minimum Gasteiger partial charge on any atom is -0.462 e. The Morgan fingerprint density at radius 1 is 1.58 bits per heavy atom. The van der Waals surface area contributed by atoms with Crippen LogP contribution in [0.2, 0.25) is 0 Å². The molecular weight excluding hydrogens is 154 g/mol. The molecule has 1 aliphatic carbocycles. The van der Waals surface area contributed by atoms with Crippen LogP contribution in [-0.2, 0) is 9.53 Å². The molecule has 1 N–H and O–H groups in total. The maximum Gasteiger partial charge on any atom is 0.320 e. The van der Waals surface area contributed by atoms with Crippen LogP contribution < -0.4 is 5.32 Å². The van der Waals surface area contributed by atoms with E-state index in [0.29, 0.717) is 6.54 Å². The van der Waals surface area contributed by atoms with Crippen LogP contribution in [0.15, 0.2) is 0 Å². The van der Waals surface area contributed by atoms with Gasteiger partial charge < -0.3 is 10.1 Å². The molecule has 0 bridgehead atoms. The van der Waals surface area contributed by atoms with Crippen molar-refractivity contribution in [2.24, 2.45) is 5.92 Å². The summed E-state index contributed by atoms with van der Waals surface area (Å²) in [6, 6.07) is 0. The lowest BCUT2D eigenvalue weighted by Gasteiger charge is -2.07. The maximum absolute atomic E-state index is 11.0. The van der Waals surface area contributed by atoms with Gasteiger partial charge in [0.15, 0.2) is 0 Å². The van der Waals surface area contributed by atoms with Gasteiger partial charge in [-0.3, -0.25) is 4.79 Å². The molecule has 1 rings (SSSR count). The van der Waals surface area contributed by atoms with Crippen LogP contribution in [0.1, 0.15) is 26.7 Å². The van der Waals surface area contributed by atoms with Crippen molar-refractivity contribution in [2.75, 3.05) is 13.1 Å². The van der Waals surface area contributed by atoms with E-state index in [1.54, 1.807) is 0 Å². The molecule has 0 spiro atoms. The summed E-state index contributed by atoms with van der Waals surface area (Å²) in [4.78, 5) is 11.0. The van der Waals surface area contributed by atoms with E-state index in [9.17, 15) is 4.79 Å². The minimum absolute atomic E-state index is 0.000208. The van der Waals surface area contributed by atoms with Gasteiger partial charge >= 0.3 is 5.97 Å². The van der Waals surface area contributed by atoms with E-state index < -0.39 is 0 Å². The number of nitrogens with one attached hydrogen (secondary N) is 1. The highest BCUT2D eigenvalue weighted by Gasteiger charge is 2.20. The van der Waals surface area contributed by atoms with Gasteiger partial charge in [0.2, 0.25) is 0 Å². The normalized spacial score (nSPS) is 16.6. The quantitative estimate of drug-likeness (QED) is 0.625. The Hall–Kier alpha value is -0.570. The number of ether oxygens (including phenoxy) is 1. The lowest BCUT2D eigenvalue weighted by molar-refractivity contribution is -0.146. The van der Waals surface area contributed by atoms with Gasteiger partial charge in [0.05, 0.1) is 12.6 Å². The summed E-state index contributed by atoms with van der Waals surface area (Å²) in [5.41, 5.74) is 0. The third-order valence-electron chi connectivity index (χ3n) is 1.77. The summed E-state index contributed by atoms with van der Waals surface area (Å²) in [6.45, 7) is 5.04. The van der Waals surface area contributed by atoms with Gasteiger partial charge in [0, 0.05) is 0 Å². The molecule has 0 aromatic carbocycles. The monoisotopic (exact) mass is 171 g/mol. The zero-order chi connectivity index (χ0) is 8.97. The van der Waals surface area contributed by atoms with Crippen molar-refractivity contribution >= 4 is 5.97 Å². The number of esters is 1. The summed E-state index contributed by atoms with van der Waals surface area (Å²) in [5.74, 6) is 0.669. The summed E-state index contributed by atoms with van der Waals surface area (Å²) in [7, 11) is 0. The average molecular weight is 171 g/mol. The average Bonchev–Trinajstić information content (AvgIpc) is 2.69. The zero-order valence-corrected chi connectivity index (χ0v) is 7.80. The van der Waals surface area contributed by atoms with Crippen LogP contribution in [0.3, 0.4) is 0 Å². The topological polar surface area (TPSA) is 38.3 Å². The van der Waals surface area contributed by atoms with Crippen molar-refractivity contribution in [3.8, 4) is 0 Å². The van der Waals surface area contributed by atoms with Crippen molar-refractivity contribution in [2.45, 2.75) is 32.8 Å². The molecule has 0 atom stereocenters. The number of carbonyl (C=O) groups excluding carboxylic acids is 1. The second-order valence-corrected chi connectivity index (χ2v) is 3.61. The SMILES string of the molecule is CC(C)OC(=O)CNCC1CC1. The number of carbonyl (C=O) groups is 1.